The van der Waals surface area contributed by atoms with E-state index in [0.29, 0.717) is 5.56 Å². The van der Waals surface area contributed by atoms with Crippen molar-refractivity contribution in [2.45, 2.75) is 25.3 Å². The van der Waals surface area contributed by atoms with E-state index in [2.05, 4.69) is 151 Å². The van der Waals surface area contributed by atoms with Crippen molar-refractivity contribution < 1.29 is 0 Å². The van der Waals surface area contributed by atoms with Crippen LogP contribution in [0.4, 0.5) is 28.6 Å². The first-order chi connectivity index (χ1) is 23.5. The molecule has 0 N–H and O–H groups in total. The van der Waals surface area contributed by atoms with Gasteiger partial charge in [-0.2, -0.15) is 5.26 Å². The van der Waals surface area contributed by atoms with Crippen molar-refractivity contribution in [2.75, 3.05) is 9.80 Å². The zero-order valence-electron chi connectivity index (χ0n) is 26.8. The molecule has 4 heteroatoms. The van der Waals surface area contributed by atoms with E-state index in [4.69, 9.17) is 4.98 Å². The van der Waals surface area contributed by atoms with Gasteiger partial charge in [-0.15, -0.1) is 0 Å². The SMILES string of the molecule is CC1(C)c2cc(C#N)ccc2N(c2ccc3ccc4c(N(c5ccccc5)c5ccccn5)ccc5ccc2c3c54)C1c1ccccc1. The molecule has 1 aromatic heterocycles. The van der Waals surface area contributed by atoms with Crippen LogP contribution < -0.4 is 9.80 Å². The molecule has 0 bridgehead atoms. The third kappa shape index (κ3) is 4.11. The highest BCUT2D eigenvalue weighted by atomic mass is 15.2. The van der Waals surface area contributed by atoms with Crippen LogP contribution in [0.15, 0.2) is 152 Å². The highest BCUT2D eigenvalue weighted by molar-refractivity contribution is 6.28. The summed E-state index contributed by atoms with van der Waals surface area (Å²) in [6, 6.07) is 54.0. The minimum Gasteiger partial charge on any atom is -0.332 e. The molecule has 0 aliphatic carbocycles. The van der Waals surface area contributed by atoms with Crippen molar-refractivity contribution >= 4 is 60.9 Å². The fourth-order valence-electron chi connectivity index (χ4n) is 8.04. The molecule has 9 rings (SSSR count). The summed E-state index contributed by atoms with van der Waals surface area (Å²) < 4.78 is 0. The van der Waals surface area contributed by atoms with Crippen molar-refractivity contribution in [3.8, 4) is 6.07 Å². The van der Waals surface area contributed by atoms with Gasteiger partial charge in [0.15, 0.2) is 0 Å². The van der Waals surface area contributed by atoms with E-state index in [-0.39, 0.29) is 11.5 Å². The standard InChI is InChI=1S/C44H32N4/c1-44(2)36-27-29(28-45)16-23-39(36)48(43(44)32-11-5-3-6-12-32)38-25-20-31-17-21-34-37(24-19-30-18-22-35(38)42(31)41(30)34)47(33-13-7-4-8-14-33)40-15-9-10-26-46-40/h3-27,43H,1-2H3. The maximum atomic E-state index is 9.84. The Morgan fingerprint density at radius 3 is 2.04 bits per heavy atom. The van der Waals surface area contributed by atoms with Gasteiger partial charge >= 0.3 is 0 Å². The Kier molecular flexibility index (Phi) is 6.25. The van der Waals surface area contributed by atoms with Crippen LogP contribution in [0.2, 0.25) is 0 Å². The number of aromatic nitrogens is 1. The normalized spacial score (nSPS) is 15.2. The van der Waals surface area contributed by atoms with Crippen molar-refractivity contribution in [1.29, 1.82) is 5.26 Å². The number of anilines is 5. The Hall–Kier alpha value is -6.18. The fourth-order valence-corrected chi connectivity index (χ4v) is 8.04. The Bertz CT molecular complexity index is 2460. The maximum absolute atomic E-state index is 9.84. The van der Waals surface area contributed by atoms with Gasteiger partial charge in [-0.25, -0.2) is 4.98 Å². The van der Waals surface area contributed by atoms with Crippen molar-refractivity contribution in [3.05, 3.63) is 168 Å². The first-order valence-electron chi connectivity index (χ1n) is 16.4. The van der Waals surface area contributed by atoms with Crippen LogP contribution in [0.1, 0.15) is 36.6 Å². The number of fused-ring (bicyclic) bond motifs is 1. The van der Waals surface area contributed by atoms with Crippen LogP contribution in [-0.4, -0.2) is 4.98 Å². The zero-order chi connectivity index (χ0) is 32.4. The van der Waals surface area contributed by atoms with Gasteiger partial charge in [0.25, 0.3) is 0 Å². The molecule has 0 fully saturated rings. The molecule has 0 amide bonds. The van der Waals surface area contributed by atoms with E-state index in [1.54, 1.807) is 0 Å². The summed E-state index contributed by atoms with van der Waals surface area (Å²) in [5.41, 5.74) is 7.34. The molecule has 1 aliphatic rings. The molecule has 0 saturated carbocycles. The van der Waals surface area contributed by atoms with Gasteiger partial charge in [0.1, 0.15) is 5.82 Å². The predicted octanol–water partition coefficient (Wildman–Crippen LogP) is 11.5. The van der Waals surface area contributed by atoms with E-state index in [1.807, 2.05) is 30.5 Å². The summed E-state index contributed by atoms with van der Waals surface area (Å²) in [7, 11) is 0. The highest BCUT2D eigenvalue weighted by Crippen LogP contribution is 2.57. The molecule has 2 heterocycles. The number of hydrogen-bond acceptors (Lipinski definition) is 4. The van der Waals surface area contributed by atoms with Crippen LogP contribution in [0, 0.1) is 11.3 Å². The number of para-hydroxylation sites is 1. The molecule has 1 aliphatic heterocycles. The average Bonchev–Trinajstić information content (AvgIpc) is 3.37. The lowest BCUT2D eigenvalue weighted by Crippen LogP contribution is -2.31. The summed E-state index contributed by atoms with van der Waals surface area (Å²) in [5, 5.41) is 17.1. The molecule has 0 radical (unpaired) electrons. The average molecular weight is 617 g/mol. The number of benzene rings is 7. The quantitative estimate of drug-likeness (QED) is 0.180. The lowest BCUT2D eigenvalue weighted by molar-refractivity contribution is 0.449. The molecule has 228 valence electrons. The second-order valence-corrected chi connectivity index (χ2v) is 13.2. The molecule has 4 nitrogen and oxygen atoms in total. The lowest BCUT2D eigenvalue weighted by atomic mass is 9.77. The Labute approximate surface area is 280 Å². The first-order valence-corrected chi connectivity index (χ1v) is 16.4. The minimum atomic E-state index is -0.250. The molecule has 8 aromatic rings. The van der Waals surface area contributed by atoms with E-state index < -0.39 is 0 Å². The van der Waals surface area contributed by atoms with Crippen molar-refractivity contribution in [3.63, 3.8) is 0 Å². The third-order valence-electron chi connectivity index (χ3n) is 10.1. The number of pyridine rings is 1. The van der Waals surface area contributed by atoms with Crippen LogP contribution in [0.25, 0.3) is 32.3 Å². The predicted molar refractivity (Wildman–Crippen MR) is 198 cm³/mol. The molecule has 0 spiro atoms. The summed E-state index contributed by atoms with van der Waals surface area (Å²) in [6.07, 6.45) is 1.85. The first kappa shape index (κ1) is 28.1. The van der Waals surface area contributed by atoms with E-state index in [9.17, 15) is 5.26 Å². The molecule has 48 heavy (non-hydrogen) atoms. The maximum Gasteiger partial charge on any atom is 0.137 e. The van der Waals surface area contributed by atoms with E-state index in [1.165, 1.54) is 43.4 Å². The van der Waals surface area contributed by atoms with Gasteiger partial charge in [-0.1, -0.05) is 105 Å². The van der Waals surface area contributed by atoms with Gasteiger partial charge in [-0.05, 0) is 87.3 Å². The van der Waals surface area contributed by atoms with E-state index >= 15 is 0 Å². The second kappa shape index (κ2) is 10.7. The van der Waals surface area contributed by atoms with E-state index in [0.717, 1.165) is 28.6 Å². The smallest absolute Gasteiger partial charge is 0.137 e. The molecular formula is C44H32N4. The Morgan fingerprint density at radius 1 is 0.667 bits per heavy atom. The van der Waals surface area contributed by atoms with Gasteiger partial charge in [0.05, 0.1) is 23.4 Å². The number of rotatable bonds is 5. The number of nitriles is 1. The summed E-state index contributed by atoms with van der Waals surface area (Å²) >= 11 is 0. The van der Waals surface area contributed by atoms with Crippen LogP contribution in [-0.2, 0) is 5.41 Å². The molecule has 1 atom stereocenters. The van der Waals surface area contributed by atoms with Gasteiger partial charge in [0, 0.05) is 39.4 Å². The summed E-state index contributed by atoms with van der Waals surface area (Å²) in [6.45, 7) is 4.62. The fraction of sp³-hybridized carbons (Fsp3) is 0.0909. The largest absolute Gasteiger partial charge is 0.332 e. The topological polar surface area (TPSA) is 43.2 Å². The van der Waals surface area contributed by atoms with Gasteiger partial charge < -0.3 is 4.90 Å². The minimum absolute atomic E-state index is 0.0365. The van der Waals surface area contributed by atoms with Crippen molar-refractivity contribution in [1.82, 2.24) is 4.98 Å². The molecule has 0 saturated heterocycles. The third-order valence-corrected chi connectivity index (χ3v) is 10.1. The molecule has 7 aromatic carbocycles. The lowest BCUT2D eigenvalue weighted by Gasteiger charge is -2.36. The monoisotopic (exact) mass is 616 g/mol. The number of nitrogens with zero attached hydrogens (tertiary/aromatic N) is 4. The summed E-state index contributed by atoms with van der Waals surface area (Å²) in [5.74, 6) is 0.873. The van der Waals surface area contributed by atoms with Crippen molar-refractivity contribution in [2.24, 2.45) is 0 Å². The molecule has 1 unspecified atom stereocenters. The summed E-state index contributed by atoms with van der Waals surface area (Å²) in [4.78, 5) is 9.56. The Balaban J connectivity index is 1.32. The number of hydrogen-bond donors (Lipinski definition) is 0. The second-order valence-electron chi connectivity index (χ2n) is 13.2. The van der Waals surface area contributed by atoms with Crippen LogP contribution in [0.3, 0.4) is 0 Å². The molecular weight excluding hydrogens is 585 g/mol. The zero-order valence-corrected chi connectivity index (χ0v) is 26.8. The highest BCUT2D eigenvalue weighted by Gasteiger charge is 2.46. The van der Waals surface area contributed by atoms with Crippen LogP contribution >= 0.6 is 0 Å². The Morgan fingerprint density at radius 2 is 1.31 bits per heavy atom. The van der Waals surface area contributed by atoms with Gasteiger partial charge in [-0.3, -0.25) is 4.90 Å². The van der Waals surface area contributed by atoms with Crippen LogP contribution in [0.5, 0.6) is 0 Å². The van der Waals surface area contributed by atoms with Gasteiger partial charge in [0.2, 0.25) is 0 Å².